The Morgan fingerprint density at radius 2 is 1.91 bits per heavy atom. The Kier molecular flexibility index (Phi) is 6.14. The van der Waals surface area contributed by atoms with Crippen LogP contribution < -0.4 is 15.4 Å². The average Bonchev–Trinajstić information content (AvgIpc) is 3.17. The number of aromatic nitrogens is 3. The number of nitrogens with zero attached hydrogens (tertiary/aromatic N) is 2. The number of ether oxygens (including phenoxy) is 1. The summed E-state index contributed by atoms with van der Waals surface area (Å²) in [7, 11) is 1.57. The van der Waals surface area contributed by atoms with Gasteiger partial charge in [-0.25, -0.2) is 9.97 Å². The van der Waals surface area contributed by atoms with E-state index in [4.69, 9.17) is 16.3 Å². The molecule has 0 atom stereocenters. The van der Waals surface area contributed by atoms with Crippen molar-refractivity contribution < 1.29 is 22.7 Å². The second kappa shape index (κ2) is 8.85. The summed E-state index contributed by atoms with van der Waals surface area (Å²) in [5.41, 5.74) is 2.43. The zero-order valence-corrected chi connectivity index (χ0v) is 17.8. The van der Waals surface area contributed by atoms with Crippen molar-refractivity contribution in [3.8, 4) is 16.9 Å². The molecule has 1 aliphatic rings. The fourth-order valence-corrected chi connectivity index (χ4v) is 4.13. The minimum atomic E-state index is -4.86. The van der Waals surface area contributed by atoms with Gasteiger partial charge in [-0.3, -0.25) is 4.79 Å². The van der Waals surface area contributed by atoms with Gasteiger partial charge in [0.25, 0.3) is 0 Å². The van der Waals surface area contributed by atoms with E-state index in [9.17, 15) is 18.0 Å². The molecule has 3 aromatic heterocycles. The van der Waals surface area contributed by atoms with Crippen LogP contribution in [-0.4, -0.2) is 46.2 Å². The number of alkyl halides is 3. The minimum Gasteiger partial charge on any atom is -0.495 e. The molecule has 32 heavy (non-hydrogen) atoms. The van der Waals surface area contributed by atoms with Crippen LogP contribution in [-0.2, 0) is 4.79 Å². The molecular formula is C21H21ClF3N5O2. The van der Waals surface area contributed by atoms with Crippen LogP contribution >= 0.6 is 11.6 Å². The lowest BCUT2D eigenvalue weighted by Gasteiger charge is -2.30. The molecule has 4 rings (SSSR count). The number of carbonyl (C=O) groups is 1. The molecule has 0 aromatic carbocycles. The summed E-state index contributed by atoms with van der Waals surface area (Å²) in [5, 5.41) is 6.56. The number of anilines is 1. The number of nitrogens with one attached hydrogen (secondary N) is 3. The minimum absolute atomic E-state index is 0.0117. The molecule has 1 aliphatic carbocycles. The SMILES string of the molecule is COc1cnc2[nH]cc(-c3cc(Cl)nc(NC4CCC(NC(=O)C(F)(F)F)CC4)c3)c2c1. The summed E-state index contributed by atoms with van der Waals surface area (Å²) in [6, 6.07) is 5.02. The molecule has 1 fully saturated rings. The lowest BCUT2D eigenvalue weighted by atomic mass is 9.91. The molecule has 0 spiro atoms. The number of methoxy groups -OCH3 is 1. The molecule has 7 nitrogen and oxygen atoms in total. The predicted octanol–water partition coefficient (Wildman–Crippen LogP) is 4.69. The van der Waals surface area contributed by atoms with E-state index in [-0.39, 0.29) is 6.04 Å². The molecule has 1 saturated carbocycles. The molecule has 3 N–H and O–H groups in total. The zero-order valence-electron chi connectivity index (χ0n) is 17.1. The van der Waals surface area contributed by atoms with Crippen LogP contribution in [0.4, 0.5) is 19.0 Å². The Morgan fingerprint density at radius 3 is 2.59 bits per heavy atom. The van der Waals surface area contributed by atoms with Gasteiger partial charge in [-0.2, -0.15) is 13.2 Å². The van der Waals surface area contributed by atoms with Crippen molar-refractivity contribution in [2.24, 2.45) is 0 Å². The number of hydrogen-bond acceptors (Lipinski definition) is 5. The molecule has 1 amide bonds. The van der Waals surface area contributed by atoms with E-state index < -0.39 is 18.1 Å². The lowest BCUT2D eigenvalue weighted by molar-refractivity contribution is -0.174. The number of halogens is 4. The second-order valence-electron chi connectivity index (χ2n) is 7.70. The van der Waals surface area contributed by atoms with Crippen LogP contribution in [0.3, 0.4) is 0 Å². The molecule has 0 aliphatic heterocycles. The topological polar surface area (TPSA) is 91.9 Å². The maximum absolute atomic E-state index is 12.4. The molecule has 0 bridgehead atoms. The first-order chi connectivity index (χ1) is 15.2. The molecule has 3 heterocycles. The maximum Gasteiger partial charge on any atom is 0.471 e. The van der Waals surface area contributed by atoms with Crippen molar-refractivity contribution in [1.82, 2.24) is 20.3 Å². The zero-order chi connectivity index (χ0) is 22.9. The van der Waals surface area contributed by atoms with Crippen molar-refractivity contribution in [2.45, 2.75) is 43.9 Å². The van der Waals surface area contributed by atoms with E-state index >= 15 is 0 Å². The van der Waals surface area contributed by atoms with Crippen LogP contribution in [0.15, 0.2) is 30.6 Å². The normalized spacial score (nSPS) is 19.0. The number of rotatable bonds is 5. The smallest absolute Gasteiger partial charge is 0.471 e. The van der Waals surface area contributed by atoms with Crippen LogP contribution in [0.25, 0.3) is 22.2 Å². The number of hydrogen-bond donors (Lipinski definition) is 3. The van der Waals surface area contributed by atoms with E-state index in [2.05, 4.69) is 25.6 Å². The number of H-pyrrole nitrogens is 1. The van der Waals surface area contributed by atoms with Crippen molar-refractivity contribution >= 4 is 34.4 Å². The first-order valence-electron chi connectivity index (χ1n) is 10.1. The van der Waals surface area contributed by atoms with Crippen molar-refractivity contribution in [1.29, 1.82) is 0 Å². The number of pyridine rings is 2. The van der Waals surface area contributed by atoms with Gasteiger partial charge in [-0.1, -0.05) is 11.6 Å². The van der Waals surface area contributed by atoms with Crippen LogP contribution in [0.5, 0.6) is 5.75 Å². The van der Waals surface area contributed by atoms with E-state index in [0.717, 1.165) is 16.5 Å². The van der Waals surface area contributed by atoms with Gasteiger partial charge in [-0.05, 0) is 49.4 Å². The van der Waals surface area contributed by atoms with E-state index in [1.807, 2.05) is 18.3 Å². The van der Waals surface area contributed by atoms with Crippen LogP contribution in [0, 0.1) is 0 Å². The fourth-order valence-electron chi connectivity index (χ4n) is 3.92. The summed E-state index contributed by atoms with van der Waals surface area (Å²) >= 11 is 6.26. The Morgan fingerprint density at radius 1 is 1.19 bits per heavy atom. The quantitative estimate of drug-likeness (QED) is 0.473. The summed E-state index contributed by atoms with van der Waals surface area (Å²) in [6.07, 6.45) is 0.685. The third kappa shape index (κ3) is 4.90. The van der Waals surface area contributed by atoms with Crippen molar-refractivity contribution in [3.05, 3.63) is 35.7 Å². The van der Waals surface area contributed by atoms with Gasteiger partial charge in [0.05, 0.1) is 13.3 Å². The van der Waals surface area contributed by atoms with E-state index in [1.165, 1.54) is 0 Å². The molecule has 0 radical (unpaired) electrons. The Labute approximate surface area is 186 Å². The number of amides is 1. The number of fused-ring (bicyclic) bond motifs is 1. The van der Waals surface area contributed by atoms with Gasteiger partial charge in [0, 0.05) is 29.2 Å². The summed E-state index contributed by atoms with van der Waals surface area (Å²) in [5.74, 6) is -0.688. The van der Waals surface area contributed by atoms with Crippen LogP contribution in [0.2, 0.25) is 5.15 Å². The van der Waals surface area contributed by atoms with Crippen molar-refractivity contribution in [3.63, 3.8) is 0 Å². The second-order valence-corrected chi connectivity index (χ2v) is 8.09. The van der Waals surface area contributed by atoms with Gasteiger partial charge >= 0.3 is 12.1 Å². The van der Waals surface area contributed by atoms with Gasteiger partial charge in [0.15, 0.2) is 0 Å². The maximum atomic E-state index is 12.4. The van der Waals surface area contributed by atoms with Crippen LogP contribution in [0.1, 0.15) is 25.7 Å². The third-order valence-electron chi connectivity index (χ3n) is 5.52. The fraction of sp³-hybridized carbons (Fsp3) is 0.381. The van der Waals surface area contributed by atoms with Gasteiger partial charge in [-0.15, -0.1) is 0 Å². The highest BCUT2D eigenvalue weighted by molar-refractivity contribution is 6.29. The monoisotopic (exact) mass is 467 g/mol. The highest BCUT2D eigenvalue weighted by Crippen LogP contribution is 2.33. The van der Waals surface area contributed by atoms with Gasteiger partial charge in [0.2, 0.25) is 0 Å². The average molecular weight is 468 g/mol. The Balaban J connectivity index is 1.46. The Hall–Kier alpha value is -3.01. The largest absolute Gasteiger partial charge is 0.495 e. The molecule has 11 heteroatoms. The summed E-state index contributed by atoms with van der Waals surface area (Å²) in [4.78, 5) is 22.9. The van der Waals surface area contributed by atoms with Gasteiger partial charge < -0.3 is 20.4 Å². The number of aromatic amines is 1. The Bertz CT molecular complexity index is 1130. The molecule has 170 valence electrons. The molecular weight excluding hydrogens is 447 g/mol. The first-order valence-corrected chi connectivity index (χ1v) is 10.4. The predicted molar refractivity (Wildman–Crippen MR) is 115 cm³/mol. The summed E-state index contributed by atoms with van der Waals surface area (Å²) < 4.78 is 42.6. The van der Waals surface area contributed by atoms with Gasteiger partial charge in [0.1, 0.15) is 22.4 Å². The number of carbonyl (C=O) groups excluding carboxylic acids is 1. The lowest BCUT2D eigenvalue weighted by Crippen LogP contribution is -2.45. The molecule has 3 aromatic rings. The van der Waals surface area contributed by atoms with E-state index in [0.29, 0.717) is 48.1 Å². The molecule has 0 saturated heterocycles. The highest BCUT2D eigenvalue weighted by Gasteiger charge is 2.40. The molecule has 0 unspecified atom stereocenters. The third-order valence-corrected chi connectivity index (χ3v) is 5.71. The van der Waals surface area contributed by atoms with E-state index in [1.54, 1.807) is 19.4 Å². The standard InChI is InChI=1S/C21H21ClF3N5O2/c1-32-14-8-15-16(10-27-19(15)26-9-14)11-6-17(22)30-18(7-11)28-12-2-4-13(5-3-12)29-20(31)21(23,24)25/h6-10,12-13H,2-5H2,1H3,(H,26,27)(H,28,30)(H,29,31). The highest BCUT2D eigenvalue weighted by atomic mass is 35.5. The summed E-state index contributed by atoms with van der Waals surface area (Å²) in [6.45, 7) is 0. The van der Waals surface area contributed by atoms with Crippen molar-refractivity contribution in [2.75, 3.05) is 12.4 Å². The first kappa shape index (κ1) is 22.2.